The van der Waals surface area contributed by atoms with Crippen LogP contribution in [0.5, 0.6) is 0 Å². The van der Waals surface area contributed by atoms with Crippen molar-refractivity contribution in [2.24, 2.45) is 0 Å². The first-order valence-electron chi connectivity index (χ1n) is 7.07. The number of hydrogen-bond acceptors (Lipinski definition) is 2. The number of amides is 1. The minimum absolute atomic E-state index is 0.0542. The third-order valence-corrected chi connectivity index (χ3v) is 3.15. The van der Waals surface area contributed by atoms with Crippen LogP contribution in [0.3, 0.4) is 0 Å². The van der Waals surface area contributed by atoms with Crippen molar-refractivity contribution in [3.05, 3.63) is 48.3 Å². The molecule has 4 nitrogen and oxygen atoms in total. The molecule has 1 heterocycles. The molecule has 1 N–H and O–H groups in total. The van der Waals surface area contributed by atoms with Gasteiger partial charge in [0.2, 0.25) is 5.91 Å². The Balaban J connectivity index is 1.95. The lowest BCUT2D eigenvalue weighted by atomic mass is 10.2. The number of hydrogen-bond donors (Lipinski definition) is 1. The van der Waals surface area contributed by atoms with E-state index in [1.807, 2.05) is 43.5 Å². The summed E-state index contributed by atoms with van der Waals surface area (Å²) in [4.78, 5) is 11.9. The molecule has 2 rings (SSSR count). The zero-order chi connectivity index (χ0) is 14.4. The third kappa shape index (κ3) is 3.95. The van der Waals surface area contributed by atoms with Gasteiger partial charge in [-0.25, -0.2) is 4.68 Å². The molecule has 0 saturated carbocycles. The van der Waals surface area contributed by atoms with E-state index >= 15 is 0 Å². The zero-order valence-corrected chi connectivity index (χ0v) is 12.0. The van der Waals surface area contributed by atoms with Crippen LogP contribution in [-0.4, -0.2) is 21.7 Å². The van der Waals surface area contributed by atoms with Crippen molar-refractivity contribution in [1.82, 2.24) is 15.1 Å². The van der Waals surface area contributed by atoms with Gasteiger partial charge in [-0.15, -0.1) is 0 Å². The zero-order valence-electron chi connectivity index (χ0n) is 12.0. The molecule has 0 bridgehead atoms. The first-order chi connectivity index (χ1) is 9.69. The third-order valence-electron chi connectivity index (χ3n) is 3.15. The fraction of sp³-hybridized carbons (Fsp3) is 0.375. The maximum absolute atomic E-state index is 11.9. The molecule has 0 aliphatic rings. The molecule has 1 amide bonds. The summed E-state index contributed by atoms with van der Waals surface area (Å²) in [5.41, 5.74) is 1.92. The lowest BCUT2D eigenvalue weighted by Gasteiger charge is -2.11. The summed E-state index contributed by atoms with van der Waals surface area (Å²) in [5.74, 6) is 0.0542. The summed E-state index contributed by atoms with van der Waals surface area (Å²) in [6, 6.07) is 10.1. The number of para-hydroxylation sites is 1. The van der Waals surface area contributed by atoms with Crippen molar-refractivity contribution < 1.29 is 4.79 Å². The van der Waals surface area contributed by atoms with Gasteiger partial charge in [-0.2, -0.15) is 5.10 Å². The topological polar surface area (TPSA) is 46.9 Å². The molecule has 0 spiro atoms. The Labute approximate surface area is 119 Å². The lowest BCUT2D eigenvalue weighted by molar-refractivity contribution is -0.121. The van der Waals surface area contributed by atoms with E-state index in [-0.39, 0.29) is 11.9 Å². The van der Waals surface area contributed by atoms with Crippen LogP contribution in [0, 0.1) is 0 Å². The van der Waals surface area contributed by atoms with E-state index in [1.54, 1.807) is 10.9 Å². The maximum atomic E-state index is 11.9. The van der Waals surface area contributed by atoms with Crippen LogP contribution < -0.4 is 5.32 Å². The molecule has 1 aromatic carbocycles. The van der Waals surface area contributed by atoms with Crippen LogP contribution in [0.15, 0.2) is 42.7 Å². The van der Waals surface area contributed by atoms with Gasteiger partial charge >= 0.3 is 0 Å². The molecule has 106 valence electrons. The average Bonchev–Trinajstić information content (AvgIpc) is 2.88. The normalized spacial score (nSPS) is 12.1. The standard InChI is InChI=1S/C16H21N3O/c1-3-7-13(2)18-16(20)10-14-11-17-19(12-14)15-8-5-4-6-9-15/h4-6,8-9,11-13H,3,7,10H2,1-2H3,(H,18,20). The van der Waals surface area contributed by atoms with Crippen LogP contribution in [0.1, 0.15) is 32.3 Å². The molecule has 2 aromatic rings. The van der Waals surface area contributed by atoms with E-state index in [4.69, 9.17) is 0 Å². The number of aromatic nitrogens is 2. The van der Waals surface area contributed by atoms with Crippen molar-refractivity contribution in [3.8, 4) is 5.69 Å². The molecule has 1 aromatic heterocycles. The second kappa shape index (κ2) is 6.89. The average molecular weight is 271 g/mol. The van der Waals surface area contributed by atoms with E-state index < -0.39 is 0 Å². The van der Waals surface area contributed by atoms with Crippen LogP contribution in [0.2, 0.25) is 0 Å². The van der Waals surface area contributed by atoms with Gasteiger partial charge in [-0.05, 0) is 31.0 Å². The Morgan fingerprint density at radius 1 is 1.35 bits per heavy atom. The molecule has 0 fully saturated rings. The van der Waals surface area contributed by atoms with E-state index in [0.717, 1.165) is 24.1 Å². The monoisotopic (exact) mass is 271 g/mol. The van der Waals surface area contributed by atoms with Gasteiger partial charge in [0, 0.05) is 12.2 Å². The molecule has 20 heavy (non-hydrogen) atoms. The summed E-state index contributed by atoms with van der Waals surface area (Å²) in [6.45, 7) is 4.15. The molecule has 1 unspecified atom stereocenters. The molecule has 0 saturated heterocycles. The van der Waals surface area contributed by atoms with Gasteiger partial charge in [0.05, 0.1) is 18.3 Å². The number of carbonyl (C=O) groups is 1. The highest BCUT2D eigenvalue weighted by molar-refractivity contribution is 5.78. The minimum atomic E-state index is 0.0542. The maximum Gasteiger partial charge on any atom is 0.224 e. The molecule has 1 atom stereocenters. The Morgan fingerprint density at radius 3 is 2.80 bits per heavy atom. The minimum Gasteiger partial charge on any atom is -0.353 e. The predicted octanol–water partition coefficient (Wildman–Crippen LogP) is 2.72. The Hall–Kier alpha value is -2.10. The Morgan fingerprint density at radius 2 is 2.10 bits per heavy atom. The summed E-state index contributed by atoms with van der Waals surface area (Å²) in [5, 5.41) is 7.29. The summed E-state index contributed by atoms with van der Waals surface area (Å²) < 4.78 is 1.79. The van der Waals surface area contributed by atoms with E-state index in [0.29, 0.717) is 6.42 Å². The van der Waals surface area contributed by atoms with Crippen molar-refractivity contribution in [2.75, 3.05) is 0 Å². The fourth-order valence-corrected chi connectivity index (χ4v) is 2.19. The first kappa shape index (κ1) is 14.3. The number of benzene rings is 1. The smallest absolute Gasteiger partial charge is 0.224 e. The highest BCUT2D eigenvalue weighted by Gasteiger charge is 2.09. The number of nitrogens with zero attached hydrogens (tertiary/aromatic N) is 2. The molecule has 0 aliphatic carbocycles. The van der Waals surface area contributed by atoms with Crippen LogP contribution in [0.4, 0.5) is 0 Å². The van der Waals surface area contributed by atoms with Gasteiger partial charge in [0.25, 0.3) is 0 Å². The van der Waals surface area contributed by atoms with Gasteiger partial charge in [-0.1, -0.05) is 31.5 Å². The number of carbonyl (C=O) groups excluding carboxylic acids is 1. The van der Waals surface area contributed by atoms with E-state index in [1.165, 1.54) is 0 Å². The van der Waals surface area contributed by atoms with Crippen LogP contribution in [-0.2, 0) is 11.2 Å². The highest BCUT2D eigenvalue weighted by atomic mass is 16.1. The highest BCUT2D eigenvalue weighted by Crippen LogP contribution is 2.08. The quantitative estimate of drug-likeness (QED) is 0.878. The molecular formula is C16H21N3O. The van der Waals surface area contributed by atoms with Gasteiger partial charge in [0.1, 0.15) is 0 Å². The second-order valence-corrected chi connectivity index (χ2v) is 5.06. The number of rotatable bonds is 6. The summed E-state index contributed by atoms with van der Waals surface area (Å²) in [7, 11) is 0. The van der Waals surface area contributed by atoms with Crippen molar-refractivity contribution in [2.45, 2.75) is 39.2 Å². The molecular weight excluding hydrogens is 250 g/mol. The summed E-state index contributed by atoms with van der Waals surface area (Å²) in [6.07, 6.45) is 6.11. The molecule has 0 aliphatic heterocycles. The van der Waals surface area contributed by atoms with Gasteiger partial charge < -0.3 is 5.32 Å². The van der Waals surface area contributed by atoms with Crippen molar-refractivity contribution in [1.29, 1.82) is 0 Å². The predicted molar refractivity (Wildman–Crippen MR) is 79.8 cm³/mol. The van der Waals surface area contributed by atoms with Crippen molar-refractivity contribution in [3.63, 3.8) is 0 Å². The largest absolute Gasteiger partial charge is 0.353 e. The molecule has 0 radical (unpaired) electrons. The SMILES string of the molecule is CCCC(C)NC(=O)Cc1cnn(-c2ccccc2)c1. The second-order valence-electron chi connectivity index (χ2n) is 5.06. The van der Waals surface area contributed by atoms with E-state index in [9.17, 15) is 4.79 Å². The van der Waals surface area contributed by atoms with Gasteiger partial charge in [-0.3, -0.25) is 4.79 Å². The van der Waals surface area contributed by atoms with E-state index in [2.05, 4.69) is 17.3 Å². The Kier molecular flexibility index (Phi) is 4.93. The molecule has 4 heteroatoms. The first-order valence-corrected chi connectivity index (χ1v) is 7.07. The summed E-state index contributed by atoms with van der Waals surface area (Å²) >= 11 is 0. The Bertz CT molecular complexity index is 548. The van der Waals surface area contributed by atoms with Crippen LogP contribution in [0.25, 0.3) is 5.69 Å². The van der Waals surface area contributed by atoms with Gasteiger partial charge in [0.15, 0.2) is 0 Å². The number of nitrogens with one attached hydrogen (secondary N) is 1. The fourth-order valence-electron chi connectivity index (χ4n) is 2.19. The lowest BCUT2D eigenvalue weighted by Crippen LogP contribution is -2.33. The van der Waals surface area contributed by atoms with Crippen molar-refractivity contribution >= 4 is 5.91 Å². The van der Waals surface area contributed by atoms with Crippen LogP contribution >= 0.6 is 0 Å².